The van der Waals surface area contributed by atoms with Gasteiger partial charge in [0.05, 0.1) is 7.11 Å². The van der Waals surface area contributed by atoms with Gasteiger partial charge in [-0.2, -0.15) is 0 Å². The Kier molecular flexibility index (Phi) is 4.69. The Morgan fingerprint density at radius 3 is 2.53 bits per heavy atom. The van der Waals surface area contributed by atoms with E-state index in [1.807, 2.05) is 0 Å². The number of aldehydes is 1. The zero-order chi connectivity index (χ0) is 14.6. The molecule has 1 unspecified atom stereocenters. The molecule has 0 fully saturated rings. The highest BCUT2D eigenvalue weighted by Crippen LogP contribution is 2.23. The molecule has 0 aromatic carbocycles. The van der Waals surface area contributed by atoms with Gasteiger partial charge in [0.25, 0.3) is 0 Å². The van der Waals surface area contributed by atoms with E-state index in [0.717, 1.165) is 4.90 Å². The summed E-state index contributed by atoms with van der Waals surface area (Å²) in [5.41, 5.74) is -0.226. The summed E-state index contributed by atoms with van der Waals surface area (Å²) in [6, 6.07) is -0.747. The lowest BCUT2D eigenvalue weighted by molar-refractivity contribution is -0.146. The van der Waals surface area contributed by atoms with Gasteiger partial charge in [0.1, 0.15) is 17.9 Å². The van der Waals surface area contributed by atoms with E-state index in [1.54, 1.807) is 20.8 Å². The van der Waals surface area contributed by atoms with Crippen LogP contribution in [0.3, 0.4) is 0 Å². The SMILES string of the molecule is COC(=O)C1CCC(C=O)=CN1C(=O)OC(C)(C)C. The summed E-state index contributed by atoms with van der Waals surface area (Å²) in [6.07, 6.45) is 2.14. The molecule has 0 radical (unpaired) electrons. The Balaban J connectivity index is 2.96. The summed E-state index contributed by atoms with van der Waals surface area (Å²) in [5, 5.41) is 0. The number of methoxy groups -OCH3 is 1. The second kappa shape index (κ2) is 5.86. The lowest BCUT2D eigenvalue weighted by atomic mass is 10.0. The van der Waals surface area contributed by atoms with Gasteiger partial charge < -0.3 is 9.47 Å². The van der Waals surface area contributed by atoms with Crippen molar-refractivity contribution in [3.8, 4) is 0 Å². The molecular formula is C13H19NO5. The van der Waals surface area contributed by atoms with E-state index in [2.05, 4.69) is 4.74 Å². The highest BCUT2D eigenvalue weighted by Gasteiger charge is 2.35. The minimum absolute atomic E-state index is 0.344. The molecule has 6 heteroatoms. The van der Waals surface area contributed by atoms with Gasteiger partial charge in [-0.15, -0.1) is 0 Å². The van der Waals surface area contributed by atoms with Crippen LogP contribution in [-0.2, 0) is 19.1 Å². The maximum absolute atomic E-state index is 12.0. The molecule has 1 amide bonds. The van der Waals surface area contributed by atoms with E-state index < -0.39 is 23.7 Å². The van der Waals surface area contributed by atoms with Gasteiger partial charge in [-0.3, -0.25) is 9.69 Å². The third kappa shape index (κ3) is 4.08. The fraction of sp³-hybridized carbons (Fsp3) is 0.615. The average molecular weight is 269 g/mol. The van der Waals surface area contributed by atoms with E-state index in [4.69, 9.17) is 4.74 Å². The Bertz CT molecular complexity index is 408. The van der Waals surface area contributed by atoms with Crippen molar-refractivity contribution in [2.75, 3.05) is 7.11 Å². The number of allylic oxidation sites excluding steroid dienone is 1. The summed E-state index contributed by atoms with van der Waals surface area (Å²) in [6.45, 7) is 5.19. The molecule has 0 bridgehead atoms. The number of hydrogen-bond acceptors (Lipinski definition) is 5. The zero-order valence-electron chi connectivity index (χ0n) is 11.6. The first-order valence-electron chi connectivity index (χ1n) is 6.03. The van der Waals surface area contributed by atoms with Crippen LogP contribution in [0.25, 0.3) is 0 Å². The van der Waals surface area contributed by atoms with Gasteiger partial charge in [0, 0.05) is 11.8 Å². The number of esters is 1. The molecule has 0 aromatic rings. The van der Waals surface area contributed by atoms with Crippen molar-refractivity contribution < 1.29 is 23.9 Å². The van der Waals surface area contributed by atoms with Crippen LogP contribution in [0.2, 0.25) is 0 Å². The molecule has 0 aromatic heterocycles. The first-order chi connectivity index (χ1) is 8.78. The van der Waals surface area contributed by atoms with Crippen LogP contribution in [0.15, 0.2) is 11.8 Å². The van der Waals surface area contributed by atoms with Crippen molar-refractivity contribution in [2.45, 2.75) is 45.3 Å². The highest BCUT2D eigenvalue weighted by molar-refractivity contribution is 5.84. The molecular weight excluding hydrogens is 250 g/mol. The first kappa shape index (κ1) is 15.2. The van der Waals surface area contributed by atoms with Gasteiger partial charge in [0.2, 0.25) is 0 Å². The summed E-state index contributed by atoms with van der Waals surface area (Å²) >= 11 is 0. The van der Waals surface area contributed by atoms with Crippen LogP contribution in [0.1, 0.15) is 33.6 Å². The number of amides is 1. The lowest BCUT2D eigenvalue weighted by Crippen LogP contribution is -2.46. The number of rotatable bonds is 2. The van der Waals surface area contributed by atoms with Crippen molar-refractivity contribution >= 4 is 18.3 Å². The molecule has 0 spiro atoms. The molecule has 1 aliphatic heterocycles. The highest BCUT2D eigenvalue weighted by atomic mass is 16.6. The Hall–Kier alpha value is -1.85. The van der Waals surface area contributed by atoms with Crippen LogP contribution in [-0.4, -0.2) is 42.0 Å². The maximum atomic E-state index is 12.0. The van der Waals surface area contributed by atoms with Gasteiger partial charge in [-0.25, -0.2) is 9.59 Å². The van der Waals surface area contributed by atoms with Crippen LogP contribution < -0.4 is 0 Å². The third-order valence-corrected chi connectivity index (χ3v) is 2.58. The van der Waals surface area contributed by atoms with Crippen molar-refractivity contribution in [3.63, 3.8) is 0 Å². The van der Waals surface area contributed by atoms with Gasteiger partial charge in [-0.05, 0) is 33.6 Å². The first-order valence-corrected chi connectivity index (χ1v) is 6.03. The summed E-state index contributed by atoms with van der Waals surface area (Å²) in [5.74, 6) is -0.521. The molecule has 6 nitrogen and oxygen atoms in total. The minimum Gasteiger partial charge on any atom is -0.467 e. The molecule has 0 saturated heterocycles. The predicted molar refractivity (Wildman–Crippen MR) is 67.3 cm³/mol. The molecule has 1 atom stereocenters. The van der Waals surface area contributed by atoms with E-state index in [9.17, 15) is 14.4 Å². The second-order valence-corrected chi connectivity index (χ2v) is 5.29. The maximum Gasteiger partial charge on any atom is 0.415 e. The topological polar surface area (TPSA) is 72.9 Å². The molecule has 1 aliphatic rings. The minimum atomic E-state index is -0.747. The molecule has 0 saturated carbocycles. The standard InChI is InChI=1S/C13H19NO5/c1-13(2,3)19-12(17)14-7-9(8-15)5-6-10(14)11(16)18-4/h7-8,10H,5-6H2,1-4H3. The van der Waals surface area contributed by atoms with Crippen LogP contribution in [0.4, 0.5) is 4.79 Å². The average Bonchev–Trinajstić information content (AvgIpc) is 2.35. The molecule has 1 rings (SSSR count). The van der Waals surface area contributed by atoms with E-state index in [1.165, 1.54) is 13.3 Å². The Labute approximate surface area is 112 Å². The molecule has 0 aliphatic carbocycles. The van der Waals surface area contributed by atoms with Crippen molar-refractivity contribution in [2.24, 2.45) is 0 Å². The molecule has 1 heterocycles. The summed E-state index contributed by atoms with van der Waals surface area (Å²) < 4.78 is 9.88. The monoisotopic (exact) mass is 269 g/mol. The third-order valence-electron chi connectivity index (χ3n) is 2.58. The predicted octanol–water partition coefficient (Wildman–Crippen LogP) is 1.64. The van der Waals surface area contributed by atoms with Crippen LogP contribution in [0.5, 0.6) is 0 Å². The number of ether oxygens (including phenoxy) is 2. The fourth-order valence-electron chi connectivity index (χ4n) is 1.73. The van der Waals surface area contributed by atoms with E-state index in [0.29, 0.717) is 24.7 Å². The van der Waals surface area contributed by atoms with Crippen molar-refractivity contribution in [1.29, 1.82) is 0 Å². The zero-order valence-corrected chi connectivity index (χ0v) is 11.6. The number of carbonyl (C=O) groups excluding carboxylic acids is 3. The van der Waals surface area contributed by atoms with Crippen LogP contribution in [0, 0.1) is 0 Å². The number of hydrogen-bond donors (Lipinski definition) is 0. The van der Waals surface area contributed by atoms with Gasteiger partial charge >= 0.3 is 12.1 Å². The Morgan fingerprint density at radius 1 is 1.42 bits per heavy atom. The van der Waals surface area contributed by atoms with Crippen LogP contribution >= 0.6 is 0 Å². The second-order valence-electron chi connectivity index (χ2n) is 5.29. The largest absolute Gasteiger partial charge is 0.467 e. The normalized spacial score (nSPS) is 19.5. The van der Waals surface area contributed by atoms with Gasteiger partial charge in [-0.1, -0.05) is 0 Å². The molecule has 106 valence electrons. The summed E-state index contributed by atoms with van der Waals surface area (Å²) in [4.78, 5) is 35.6. The quantitative estimate of drug-likeness (QED) is 0.563. The lowest BCUT2D eigenvalue weighted by Gasteiger charge is -2.32. The number of nitrogens with zero attached hydrogens (tertiary/aromatic N) is 1. The smallest absolute Gasteiger partial charge is 0.415 e. The van der Waals surface area contributed by atoms with E-state index in [-0.39, 0.29) is 0 Å². The van der Waals surface area contributed by atoms with E-state index >= 15 is 0 Å². The van der Waals surface area contributed by atoms with Crippen molar-refractivity contribution in [3.05, 3.63) is 11.8 Å². The number of carbonyl (C=O) groups is 3. The van der Waals surface area contributed by atoms with Gasteiger partial charge in [0.15, 0.2) is 0 Å². The fourth-order valence-corrected chi connectivity index (χ4v) is 1.73. The van der Waals surface area contributed by atoms with Crippen molar-refractivity contribution in [1.82, 2.24) is 4.90 Å². The summed E-state index contributed by atoms with van der Waals surface area (Å²) in [7, 11) is 1.26. The Morgan fingerprint density at radius 2 is 2.05 bits per heavy atom. The molecule has 19 heavy (non-hydrogen) atoms. The molecule has 0 N–H and O–H groups in total.